The van der Waals surface area contributed by atoms with E-state index in [1.807, 2.05) is 35.8 Å². The molecule has 2 aliphatic rings. The van der Waals surface area contributed by atoms with E-state index >= 15 is 0 Å². The van der Waals surface area contributed by atoms with Crippen molar-refractivity contribution in [3.63, 3.8) is 0 Å². The van der Waals surface area contributed by atoms with Crippen molar-refractivity contribution in [1.82, 2.24) is 14.8 Å². The first-order chi connectivity index (χ1) is 12.1. The molecule has 1 aromatic heterocycles. The average Bonchev–Trinajstić information content (AvgIpc) is 3.29. The second-order valence-electron chi connectivity index (χ2n) is 6.35. The molecule has 0 aliphatic carbocycles. The summed E-state index contributed by atoms with van der Waals surface area (Å²) in [6, 6.07) is 7.64. The van der Waals surface area contributed by atoms with E-state index in [2.05, 4.69) is 15.1 Å². The number of hydrogen-bond donors (Lipinski definition) is 0. The maximum atomic E-state index is 12.0. The normalized spacial score (nSPS) is 23.3. The van der Waals surface area contributed by atoms with Crippen LogP contribution in [-0.4, -0.2) is 45.2 Å². The zero-order chi connectivity index (χ0) is 17.4. The molecule has 0 N–H and O–H groups in total. The van der Waals surface area contributed by atoms with Crippen molar-refractivity contribution in [3.8, 4) is 5.69 Å². The van der Waals surface area contributed by atoms with Crippen LogP contribution in [0.5, 0.6) is 0 Å². The maximum Gasteiger partial charge on any atom is 0.319 e. The minimum atomic E-state index is -0.258. The van der Waals surface area contributed by atoms with E-state index in [0.717, 1.165) is 37.6 Å². The molecule has 1 aromatic carbocycles. The summed E-state index contributed by atoms with van der Waals surface area (Å²) in [5, 5.41) is 9.82. The largest absolute Gasteiger partial charge is 0.462 e. The Morgan fingerprint density at radius 2 is 2.00 bits per heavy atom. The van der Waals surface area contributed by atoms with Crippen LogP contribution in [0.25, 0.3) is 5.69 Å². The Kier molecular flexibility index (Phi) is 4.60. The minimum Gasteiger partial charge on any atom is -0.462 e. The highest BCUT2D eigenvalue weighted by atomic mass is 35.5. The van der Waals surface area contributed by atoms with E-state index in [1.54, 1.807) is 0 Å². The third kappa shape index (κ3) is 3.22. The van der Waals surface area contributed by atoms with Crippen molar-refractivity contribution in [2.24, 2.45) is 0 Å². The zero-order valence-corrected chi connectivity index (χ0v) is 15.5. The maximum absolute atomic E-state index is 12.0. The van der Waals surface area contributed by atoms with Gasteiger partial charge in [-0.25, -0.2) is 0 Å². The molecule has 2 aliphatic heterocycles. The van der Waals surface area contributed by atoms with Gasteiger partial charge in [-0.05, 0) is 31.9 Å². The van der Waals surface area contributed by atoms with Gasteiger partial charge in [0, 0.05) is 19.5 Å². The Balaban J connectivity index is 1.74. The molecule has 2 atom stereocenters. The Morgan fingerprint density at radius 3 is 2.68 bits per heavy atom. The van der Waals surface area contributed by atoms with Crippen LogP contribution >= 0.6 is 23.4 Å². The van der Waals surface area contributed by atoms with Crippen molar-refractivity contribution in [2.45, 2.75) is 42.7 Å². The molecule has 0 bridgehead atoms. The van der Waals surface area contributed by atoms with Gasteiger partial charge in [0.15, 0.2) is 5.16 Å². The van der Waals surface area contributed by atoms with Gasteiger partial charge in [0.2, 0.25) is 5.95 Å². The summed E-state index contributed by atoms with van der Waals surface area (Å²) in [7, 11) is 0. The standard InChI is InChI=1S/C17H19ClN4O2S/c1-11-10-14(15(23)24-11)25-17-20-19-16(21-8-4-5-9-21)22(17)13-7-3-2-6-12(13)18/h2-3,6-7,11,14H,4-5,8-10H2,1H3/t11-,14-/m1/s1. The van der Waals surface area contributed by atoms with E-state index in [-0.39, 0.29) is 17.3 Å². The molecule has 2 saturated heterocycles. The number of halogens is 1. The van der Waals surface area contributed by atoms with Crippen molar-refractivity contribution in [1.29, 1.82) is 0 Å². The lowest BCUT2D eigenvalue weighted by Gasteiger charge is -2.19. The fourth-order valence-corrected chi connectivity index (χ4v) is 4.61. The quantitative estimate of drug-likeness (QED) is 0.760. The SMILES string of the molecule is C[C@@H]1C[C@@H](Sc2nnc(N3CCCC3)n2-c2ccccc2Cl)C(=O)O1. The average molecular weight is 379 g/mol. The van der Waals surface area contributed by atoms with Gasteiger partial charge in [0.25, 0.3) is 0 Å². The molecule has 0 radical (unpaired) electrons. The van der Waals surface area contributed by atoms with Gasteiger partial charge in [-0.3, -0.25) is 9.36 Å². The van der Waals surface area contributed by atoms with Gasteiger partial charge in [0.1, 0.15) is 11.4 Å². The third-order valence-electron chi connectivity index (χ3n) is 4.47. The number of carbonyl (C=O) groups excluding carboxylic acids is 1. The Morgan fingerprint density at radius 1 is 1.24 bits per heavy atom. The van der Waals surface area contributed by atoms with E-state index in [0.29, 0.717) is 16.6 Å². The lowest BCUT2D eigenvalue weighted by atomic mass is 10.3. The molecule has 0 amide bonds. The van der Waals surface area contributed by atoms with Crippen molar-refractivity contribution >= 4 is 35.3 Å². The van der Waals surface area contributed by atoms with Gasteiger partial charge in [-0.2, -0.15) is 0 Å². The Hall–Kier alpha value is -1.73. The van der Waals surface area contributed by atoms with Crippen molar-refractivity contribution in [2.75, 3.05) is 18.0 Å². The molecular formula is C17H19ClN4O2S. The molecule has 25 heavy (non-hydrogen) atoms. The topological polar surface area (TPSA) is 60.2 Å². The number of anilines is 1. The van der Waals surface area contributed by atoms with Crippen molar-refractivity contribution < 1.29 is 9.53 Å². The molecule has 3 heterocycles. The van der Waals surface area contributed by atoms with Crippen LogP contribution in [0.4, 0.5) is 5.95 Å². The molecule has 8 heteroatoms. The smallest absolute Gasteiger partial charge is 0.319 e. The monoisotopic (exact) mass is 378 g/mol. The molecule has 0 spiro atoms. The van der Waals surface area contributed by atoms with E-state index in [4.69, 9.17) is 16.3 Å². The number of aromatic nitrogens is 3. The number of nitrogens with zero attached hydrogens (tertiary/aromatic N) is 4. The van der Waals surface area contributed by atoms with Gasteiger partial charge in [-0.1, -0.05) is 35.5 Å². The number of para-hydroxylation sites is 1. The fourth-order valence-electron chi connectivity index (χ4n) is 3.25. The van der Waals surface area contributed by atoms with Gasteiger partial charge in [-0.15, -0.1) is 10.2 Å². The van der Waals surface area contributed by atoms with Crippen LogP contribution in [0.1, 0.15) is 26.2 Å². The van der Waals surface area contributed by atoms with Crippen LogP contribution < -0.4 is 4.90 Å². The summed E-state index contributed by atoms with van der Waals surface area (Å²) in [6.45, 7) is 3.82. The number of benzene rings is 1. The highest BCUT2D eigenvalue weighted by Gasteiger charge is 2.35. The van der Waals surface area contributed by atoms with Gasteiger partial charge in [0.05, 0.1) is 10.7 Å². The number of ether oxygens (including phenoxy) is 1. The summed E-state index contributed by atoms with van der Waals surface area (Å²) < 4.78 is 7.24. The van der Waals surface area contributed by atoms with Gasteiger partial charge >= 0.3 is 5.97 Å². The number of rotatable bonds is 4. The van der Waals surface area contributed by atoms with Gasteiger partial charge < -0.3 is 9.64 Å². The minimum absolute atomic E-state index is 0.0558. The molecule has 4 rings (SSSR count). The number of carbonyl (C=O) groups is 1. The van der Waals surface area contributed by atoms with Crippen LogP contribution in [0.2, 0.25) is 5.02 Å². The lowest BCUT2D eigenvalue weighted by Crippen LogP contribution is -2.22. The molecule has 0 unspecified atom stereocenters. The Labute approximate surface area is 155 Å². The van der Waals surface area contributed by atoms with Crippen LogP contribution in [-0.2, 0) is 9.53 Å². The number of hydrogen-bond acceptors (Lipinski definition) is 6. The molecule has 6 nitrogen and oxygen atoms in total. The van der Waals surface area contributed by atoms with E-state index in [1.165, 1.54) is 11.8 Å². The summed E-state index contributed by atoms with van der Waals surface area (Å²) >= 11 is 7.84. The summed E-state index contributed by atoms with van der Waals surface area (Å²) in [5.74, 6) is 0.599. The molecule has 2 fully saturated rings. The second-order valence-corrected chi connectivity index (χ2v) is 7.93. The highest BCUT2D eigenvalue weighted by Crippen LogP contribution is 2.36. The number of cyclic esters (lactones) is 1. The first-order valence-corrected chi connectivity index (χ1v) is 9.71. The number of thioether (sulfide) groups is 1. The first kappa shape index (κ1) is 16.7. The lowest BCUT2D eigenvalue weighted by molar-refractivity contribution is -0.140. The van der Waals surface area contributed by atoms with Crippen LogP contribution in [0.3, 0.4) is 0 Å². The predicted molar refractivity (Wildman–Crippen MR) is 97.6 cm³/mol. The van der Waals surface area contributed by atoms with Crippen LogP contribution in [0, 0.1) is 0 Å². The summed E-state index contributed by atoms with van der Waals surface area (Å²) in [4.78, 5) is 14.2. The molecule has 2 aromatic rings. The third-order valence-corrected chi connectivity index (χ3v) is 5.94. The molecular weight excluding hydrogens is 360 g/mol. The Bertz CT molecular complexity index is 791. The molecule has 132 valence electrons. The first-order valence-electron chi connectivity index (χ1n) is 8.46. The fraction of sp³-hybridized carbons (Fsp3) is 0.471. The number of esters is 1. The predicted octanol–water partition coefficient (Wildman–Crippen LogP) is 3.32. The van der Waals surface area contributed by atoms with Crippen LogP contribution in [0.15, 0.2) is 29.4 Å². The highest BCUT2D eigenvalue weighted by molar-refractivity contribution is 8.00. The zero-order valence-electron chi connectivity index (χ0n) is 13.9. The van der Waals surface area contributed by atoms with E-state index in [9.17, 15) is 4.79 Å². The van der Waals surface area contributed by atoms with E-state index < -0.39 is 0 Å². The summed E-state index contributed by atoms with van der Waals surface area (Å²) in [6.07, 6.45) is 2.91. The summed E-state index contributed by atoms with van der Waals surface area (Å²) in [5.41, 5.74) is 0.831. The molecule has 0 saturated carbocycles. The van der Waals surface area contributed by atoms with Crippen molar-refractivity contribution in [3.05, 3.63) is 29.3 Å². The second kappa shape index (κ2) is 6.88.